The van der Waals surface area contributed by atoms with Crippen molar-refractivity contribution in [2.45, 2.75) is 32.5 Å². The van der Waals surface area contributed by atoms with E-state index in [-0.39, 0.29) is 18.1 Å². The van der Waals surface area contributed by atoms with Crippen LogP contribution in [0.2, 0.25) is 0 Å². The van der Waals surface area contributed by atoms with Crippen LogP contribution in [-0.2, 0) is 16.1 Å². The van der Waals surface area contributed by atoms with E-state index < -0.39 is 0 Å². The first-order valence-corrected chi connectivity index (χ1v) is 7.05. The van der Waals surface area contributed by atoms with Crippen molar-refractivity contribution in [2.75, 3.05) is 25.0 Å². The highest BCUT2D eigenvalue weighted by Gasteiger charge is 2.25. The van der Waals surface area contributed by atoms with Crippen LogP contribution in [0.25, 0.3) is 0 Å². The molecular weight excluding hydrogens is 254 g/mol. The van der Waals surface area contributed by atoms with Gasteiger partial charge >= 0.3 is 0 Å². The first-order valence-electron chi connectivity index (χ1n) is 7.05. The lowest BCUT2D eigenvalue weighted by atomic mass is 10.2. The standard InChI is InChI=1S/C15H23N3O2/c1-11-10-18(7-8-20-11)12(2)15(19)17-14-5-3-13(9-16)4-6-14/h3-6,11-12H,7-10,16H2,1-2H3,(H,17,19). The Labute approximate surface area is 120 Å². The van der Waals surface area contributed by atoms with Gasteiger partial charge in [-0.25, -0.2) is 0 Å². The Morgan fingerprint density at radius 3 is 2.80 bits per heavy atom. The Morgan fingerprint density at radius 2 is 2.20 bits per heavy atom. The fraction of sp³-hybridized carbons (Fsp3) is 0.533. The number of nitrogens with zero attached hydrogens (tertiary/aromatic N) is 1. The van der Waals surface area contributed by atoms with E-state index in [1.165, 1.54) is 0 Å². The van der Waals surface area contributed by atoms with Crippen LogP contribution in [0.3, 0.4) is 0 Å². The van der Waals surface area contributed by atoms with Crippen LogP contribution in [0.1, 0.15) is 19.4 Å². The van der Waals surface area contributed by atoms with Crippen molar-refractivity contribution < 1.29 is 9.53 Å². The lowest BCUT2D eigenvalue weighted by Crippen LogP contribution is -2.50. The molecule has 0 saturated carbocycles. The molecule has 1 aliphatic heterocycles. The summed E-state index contributed by atoms with van der Waals surface area (Å²) in [5.74, 6) is 0.0135. The molecular formula is C15H23N3O2. The average molecular weight is 277 g/mol. The van der Waals surface area contributed by atoms with Crippen LogP contribution >= 0.6 is 0 Å². The van der Waals surface area contributed by atoms with E-state index in [2.05, 4.69) is 10.2 Å². The first-order chi connectivity index (χ1) is 9.60. The van der Waals surface area contributed by atoms with E-state index in [9.17, 15) is 4.79 Å². The predicted octanol–water partition coefficient (Wildman–Crippen LogP) is 1.19. The van der Waals surface area contributed by atoms with E-state index in [0.29, 0.717) is 13.2 Å². The molecule has 2 rings (SSSR count). The first kappa shape index (κ1) is 15.0. The molecule has 2 atom stereocenters. The fourth-order valence-corrected chi connectivity index (χ4v) is 2.33. The monoisotopic (exact) mass is 277 g/mol. The van der Waals surface area contributed by atoms with E-state index >= 15 is 0 Å². The third-order valence-corrected chi connectivity index (χ3v) is 3.66. The van der Waals surface area contributed by atoms with Gasteiger partial charge in [0, 0.05) is 25.3 Å². The maximum Gasteiger partial charge on any atom is 0.241 e. The number of nitrogens with two attached hydrogens (primary N) is 1. The van der Waals surface area contributed by atoms with Gasteiger partial charge in [0.2, 0.25) is 5.91 Å². The van der Waals surface area contributed by atoms with Crippen LogP contribution in [0, 0.1) is 0 Å². The number of anilines is 1. The molecule has 3 N–H and O–H groups in total. The highest BCUT2D eigenvalue weighted by molar-refractivity contribution is 5.94. The molecule has 0 bridgehead atoms. The van der Waals surface area contributed by atoms with Crippen molar-refractivity contribution in [2.24, 2.45) is 5.73 Å². The van der Waals surface area contributed by atoms with Gasteiger partial charge in [0.1, 0.15) is 0 Å². The number of carbonyl (C=O) groups excluding carboxylic acids is 1. The summed E-state index contributed by atoms with van der Waals surface area (Å²) in [6, 6.07) is 7.47. The summed E-state index contributed by atoms with van der Waals surface area (Å²) >= 11 is 0. The summed E-state index contributed by atoms with van der Waals surface area (Å²) in [5.41, 5.74) is 7.41. The zero-order valence-corrected chi connectivity index (χ0v) is 12.1. The third kappa shape index (κ3) is 3.79. The normalized spacial score (nSPS) is 21.4. The Hall–Kier alpha value is -1.43. The van der Waals surface area contributed by atoms with Crippen molar-refractivity contribution in [3.05, 3.63) is 29.8 Å². The Kier molecular flexibility index (Phi) is 5.11. The third-order valence-electron chi connectivity index (χ3n) is 3.66. The molecule has 2 unspecified atom stereocenters. The number of benzene rings is 1. The molecule has 1 saturated heterocycles. The van der Waals surface area contributed by atoms with Gasteiger partial charge in [-0.1, -0.05) is 12.1 Å². The van der Waals surface area contributed by atoms with Crippen LogP contribution in [0.15, 0.2) is 24.3 Å². The number of rotatable bonds is 4. The number of morpholine rings is 1. The molecule has 1 aliphatic rings. The molecule has 5 nitrogen and oxygen atoms in total. The zero-order chi connectivity index (χ0) is 14.5. The second-order valence-electron chi connectivity index (χ2n) is 5.24. The maximum absolute atomic E-state index is 12.3. The van der Waals surface area contributed by atoms with Crippen LogP contribution in [0.4, 0.5) is 5.69 Å². The van der Waals surface area contributed by atoms with Crippen molar-refractivity contribution in [1.82, 2.24) is 4.90 Å². The molecule has 1 aromatic rings. The number of amides is 1. The largest absolute Gasteiger partial charge is 0.376 e. The van der Waals surface area contributed by atoms with Gasteiger partial charge in [-0.05, 0) is 31.5 Å². The number of carbonyl (C=O) groups is 1. The Balaban J connectivity index is 1.92. The van der Waals surface area contributed by atoms with E-state index in [0.717, 1.165) is 24.3 Å². The number of hydrogen-bond donors (Lipinski definition) is 2. The zero-order valence-electron chi connectivity index (χ0n) is 12.1. The molecule has 1 heterocycles. The molecule has 5 heteroatoms. The minimum absolute atomic E-state index is 0.0135. The minimum atomic E-state index is -0.157. The van der Waals surface area contributed by atoms with Gasteiger partial charge in [0.15, 0.2) is 0 Å². The number of nitrogens with one attached hydrogen (secondary N) is 1. The molecule has 20 heavy (non-hydrogen) atoms. The smallest absolute Gasteiger partial charge is 0.241 e. The highest BCUT2D eigenvalue weighted by atomic mass is 16.5. The second-order valence-corrected chi connectivity index (χ2v) is 5.24. The molecule has 1 aromatic carbocycles. The Bertz CT molecular complexity index is 447. The van der Waals surface area contributed by atoms with Gasteiger partial charge in [-0.3, -0.25) is 9.69 Å². The molecule has 0 aromatic heterocycles. The minimum Gasteiger partial charge on any atom is -0.376 e. The maximum atomic E-state index is 12.3. The lowest BCUT2D eigenvalue weighted by Gasteiger charge is -2.34. The number of hydrogen-bond acceptors (Lipinski definition) is 4. The van der Waals surface area contributed by atoms with Crippen molar-refractivity contribution in [3.63, 3.8) is 0 Å². The van der Waals surface area contributed by atoms with Crippen LogP contribution in [0.5, 0.6) is 0 Å². The fourth-order valence-electron chi connectivity index (χ4n) is 2.33. The van der Waals surface area contributed by atoms with E-state index in [1.54, 1.807) is 0 Å². The summed E-state index contributed by atoms with van der Waals surface area (Å²) in [7, 11) is 0. The van der Waals surface area contributed by atoms with Crippen molar-refractivity contribution in [1.29, 1.82) is 0 Å². The topological polar surface area (TPSA) is 67.6 Å². The van der Waals surface area contributed by atoms with Crippen LogP contribution in [-0.4, -0.2) is 42.6 Å². The van der Waals surface area contributed by atoms with E-state index in [1.807, 2.05) is 38.1 Å². The SMILES string of the molecule is CC1CN(C(C)C(=O)Nc2ccc(CN)cc2)CCO1. The van der Waals surface area contributed by atoms with Gasteiger partial charge in [-0.2, -0.15) is 0 Å². The van der Waals surface area contributed by atoms with Crippen molar-refractivity contribution >= 4 is 11.6 Å². The average Bonchev–Trinajstić information content (AvgIpc) is 2.47. The van der Waals surface area contributed by atoms with Gasteiger partial charge < -0.3 is 15.8 Å². The van der Waals surface area contributed by atoms with Crippen molar-refractivity contribution in [3.8, 4) is 0 Å². The molecule has 0 aliphatic carbocycles. The molecule has 0 spiro atoms. The Morgan fingerprint density at radius 1 is 1.50 bits per heavy atom. The number of ether oxygens (including phenoxy) is 1. The van der Waals surface area contributed by atoms with E-state index in [4.69, 9.17) is 10.5 Å². The summed E-state index contributed by atoms with van der Waals surface area (Å²) in [5, 5.41) is 2.94. The summed E-state index contributed by atoms with van der Waals surface area (Å²) in [6.45, 7) is 6.75. The summed E-state index contributed by atoms with van der Waals surface area (Å²) in [6.07, 6.45) is 0.183. The predicted molar refractivity (Wildman–Crippen MR) is 79.4 cm³/mol. The lowest BCUT2D eigenvalue weighted by molar-refractivity contribution is -0.123. The van der Waals surface area contributed by atoms with Gasteiger partial charge in [-0.15, -0.1) is 0 Å². The molecule has 1 fully saturated rings. The molecule has 110 valence electrons. The van der Waals surface area contributed by atoms with Gasteiger partial charge in [0.05, 0.1) is 18.8 Å². The second kappa shape index (κ2) is 6.83. The molecule has 0 radical (unpaired) electrons. The van der Waals surface area contributed by atoms with Crippen LogP contribution < -0.4 is 11.1 Å². The molecule has 1 amide bonds. The van der Waals surface area contributed by atoms with Gasteiger partial charge in [0.25, 0.3) is 0 Å². The summed E-state index contributed by atoms with van der Waals surface area (Å²) < 4.78 is 5.50. The summed E-state index contributed by atoms with van der Waals surface area (Å²) in [4.78, 5) is 14.4. The highest BCUT2D eigenvalue weighted by Crippen LogP contribution is 2.13. The quantitative estimate of drug-likeness (QED) is 0.867.